The van der Waals surface area contributed by atoms with Crippen LogP contribution in [-0.2, 0) is 37.5 Å². The molecule has 14 nitrogen and oxygen atoms in total. The maximum atomic E-state index is 13.8. The molecule has 0 radical (unpaired) electrons. The number of fused-ring (bicyclic) bond motifs is 1. The molecular weight excluding hydrogens is 638 g/mol. The number of aryl methyl sites for hydroxylation is 1. The highest BCUT2D eigenvalue weighted by Crippen LogP contribution is 2.29. The van der Waals surface area contributed by atoms with E-state index >= 15 is 0 Å². The van der Waals surface area contributed by atoms with E-state index < -0.39 is 37.5 Å². The number of sulfonamides is 1. The van der Waals surface area contributed by atoms with Crippen LogP contribution in [0.2, 0.25) is 0 Å². The first-order chi connectivity index (χ1) is 22.7. The third-order valence-electron chi connectivity index (χ3n) is 8.05. The number of hydrogen-bond acceptors (Lipinski definition) is 9. The van der Waals surface area contributed by atoms with E-state index in [2.05, 4.69) is 10.6 Å². The van der Waals surface area contributed by atoms with Crippen LogP contribution >= 0.6 is 0 Å². The van der Waals surface area contributed by atoms with Gasteiger partial charge in [0.25, 0.3) is 11.6 Å². The summed E-state index contributed by atoms with van der Waals surface area (Å²) < 4.78 is 28.6. The van der Waals surface area contributed by atoms with Crippen molar-refractivity contribution in [3.63, 3.8) is 0 Å². The first-order valence-corrected chi connectivity index (χ1v) is 16.9. The summed E-state index contributed by atoms with van der Waals surface area (Å²) in [5.41, 5.74) is 3.29. The lowest BCUT2D eigenvalue weighted by Gasteiger charge is -2.31. The second kappa shape index (κ2) is 15.5. The molecule has 3 aromatic carbocycles. The Labute approximate surface area is 280 Å². The molecule has 4 rings (SSSR count). The van der Waals surface area contributed by atoms with E-state index in [1.165, 1.54) is 35.0 Å². The van der Waals surface area contributed by atoms with Crippen molar-refractivity contribution in [1.82, 2.24) is 19.6 Å². The number of para-hydroxylation sites is 1. The fraction of sp³-hybridized carbons (Fsp3) is 0.364. The average molecular weight is 680 g/mol. The summed E-state index contributed by atoms with van der Waals surface area (Å²) in [6.07, 6.45) is 0. The third kappa shape index (κ3) is 8.41. The van der Waals surface area contributed by atoms with Crippen molar-refractivity contribution >= 4 is 44.8 Å². The van der Waals surface area contributed by atoms with E-state index in [1.54, 1.807) is 46.0 Å². The zero-order valence-corrected chi connectivity index (χ0v) is 28.5. The topological polar surface area (TPSA) is 166 Å². The smallest absolute Gasteiger partial charge is 0.289 e. The van der Waals surface area contributed by atoms with E-state index in [1.807, 2.05) is 29.3 Å². The molecule has 2 N–H and O–H groups in total. The summed E-state index contributed by atoms with van der Waals surface area (Å²) in [5, 5.41) is 20.7. The number of nitro benzene ring substituents is 1. The maximum absolute atomic E-state index is 13.8. The number of carbonyl (C=O) groups excluding carboxylic acids is 3. The number of likely N-dealkylation sites (N-methyl/N-ethyl adjacent to an activating group) is 1. The van der Waals surface area contributed by atoms with Crippen molar-refractivity contribution in [2.75, 3.05) is 43.4 Å². The minimum atomic E-state index is -4.35. The third-order valence-corrected chi connectivity index (χ3v) is 10.2. The van der Waals surface area contributed by atoms with Gasteiger partial charge in [-0.05, 0) is 55.7 Å². The number of anilines is 2. The summed E-state index contributed by atoms with van der Waals surface area (Å²) in [6, 6.07) is 17.5. The lowest BCUT2D eigenvalue weighted by Crippen LogP contribution is -2.48. The van der Waals surface area contributed by atoms with Gasteiger partial charge in [0.2, 0.25) is 21.8 Å². The Bertz CT molecular complexity index is 1770. The Morgan fingerprint density at radius 2 is 1.54 bits per heavy atom. The fourth-order valence-corrected chi connectivity index (χ4v) is 7.33. The van der Waals surface area contributed by atoms with Crippen LogP contribution < -0.4 is 15.5 Å². The lowest BCUT2D eigenvalue weighted by atomic mass is 10.1. The number of amides is 3. The Hall–Kier alpha value is -4.70. The average Bonchev–Trinajstić information content (AvgIpc) is 3.47. The van der Waals surface area contributed by atoms with E-state index in [0.717, 1.165) is 21.5 Å². The van der Waals surface area contributed by atoms with Gasteiger partial charge in [-0.1, -0.05) is 42.5 Å². The predicted molar refractivity (Wildman–Crippen MR) is 181 cm³/mol. The highest BCUT2D eigenvalue weighted by atomic mass is 32.2. The largest absolute Gasteiger partial charge is 0.326 e. The molecule has 0 atom stereocenters. The molecule has 48 heavy (non-hydrogen) atoms. The van der Waals surface area contributed by atoms with Crippen LogP contribution in [0.5, 0.6) is 0 Å². The molecule has 3 amide bonds. The molecule has 0 saturated heterocycles. The lowest BCUT2D eigenvalue weighted by molar-refractivity contribution is -0.387. The molecule has 0 fully saturated rings. The zero-order valence-electron chi connectivity index (χ0n) is 27.7. The molecule has 256 valence electrons. The molecule has 0 unspecified atom stereocenters. The summed E-state index contributed by atoms with van der Waals surface area (Å²) in [4.78, 5) is 50.5. The van der Waals surface area contributed by atoms with Gasteiger partial charge in [0.1, 0.15) is 0 Å². The number of carbonyl (C=O) groups is 3. The van der Waals surface area contributed by atoms with Gasteiger partial charge in [0.05, 0.1) is 18.0 Å². The SMILES string of the molecule is CC(=O)Nc1ccc(C)c(N(CCN(C(C)C)S(=O)(=O)c2ccccc2[N+](=O)[O-])C(=O)CNCC(=O)N(C)N2Cc3ccccc3C2)c1. The molecule has 0 spiro atoms. The van der Waals surface area contributed by atoms with Gasteiger partial charge in [-0.2, -0.15) is 4.31 Å². The first-order valence-electron chi connectivity index (χ1n) is 15.4. The van der Waals surface area contributed by atoms with E-state index in [4.69, 9.17) is 0 Å². The quantitative estimate of drug-likeness (QED) is 0.192. The van der Waals surface area contributed by atoms with E-state index in [-0.39, 0.29) is 38.0 Å². The zero-order chi connectivity index (χ0) is 35.2. The van der Waals surface area contributed by atoms with Crippen LogP contribution in [0.4, 0.5) is 17.1 Å². The minimum absolute atomic E-state index is 0.122. The monoisotopic (exact) mass is 679 g/mol. The van der Waals surface area contributed by atoms with Crippen LogP contribution in [0.3, 0.4) is 0 Å². The van der Waals surface area contributed by atoms with Gasteiger partial charge in [0, 0.05) is 63.6 Å². The van der Waals surface area contributed by atoms with E-state index in [0.29, 0.717) is 30.0 Å². The van der Waals surface area contributed by atoms with Crippen LogP contribution in [0.1, 0.15) is 37.5 Å². The molecular formula is C33H41N7O7S. The molecule has 15 heteroatoms. The van der Waals surface area contributed by atoms with Crippen molar-refractivity contribution in [2.45, 2.75) is 51.7 Å². The van der Waals surface area contributed by atoms with Gasteiger partial charge in [-0.15, -0.1) is 0 Å². The number of nitro groups is 1. The number of benzene rings is 3. The number of hydrogen-bond donors (Lipinski definition) is 2. The Balaban J connectivity index is 1.53. The molecule has 1 aliphatic rings. The molecule has 0 bridgehead atoms. The summed E-state index contributed by atoms with van der Waals surface area (Å²) in [7, 11) is -2.67. The fourth-order valence-electron chi connectivity index (χ4n) is 5.54. The van der Waals surface area contributed by atoms with Crippen molar-refractivity contribution in [3.8, 4) is 0 Å². The number of hydrazine groups is 1. The second-order valence-electron chi connectivity index (χ2n) is 11.8. The summed E-state index contributed by atoms with van der Waals surface area (Å²) >= 11 is 0. The van der Waals surface area contributed by atoms with Crippen molar-refractivity contribution in [2.24, 2.45) is 0 Å². The standard InChI is InChI=1S/C33H41N7O7S/c1-23(2)39(48(46,47)31-13-9-8-12-29(31)40(44)45)17-16-38(30-18-28(35-25(4)41)15-14-24(30)3)33(43)20-34-19-32(42)36(5)37-21-26-10-6-7-11-27(26)22-37/h6-15,18,23,34H,16-17,19-22H2,1-5H3,(H,35,41). The Morgan fingerprint density at radius 3 is 2.15 bits per heavy atom. The normalized spacial score (nSPS) is 13.0. The highest BCUT2D eigenvalue weighted by Gasteiger charge is 2.34. The Morgan fingerprint density at radius 1 is 0.938 bits per heavy atom. The van der Waals surface area contributed by atoms with Gasteiger partial charge in [-0.3, -0.25) is 34.8 Å². The van der Waals surface area contributed by atoms with Gasteiger partial charge >= 0.3 is 0 Å². The van der Waals surface area contributed by atoms with Crippen LogP contribution in [-0.4, -0.2) is 84.7 Å². The van der Waals surface area contributed by atoms with Crippen molar-refractivity contribution in [1.29, 1.82) is 0 Å². The first kappa shape index (κ1) is 36.1. The molecule has 1 aliphatic heterocycles. The van der Waals surface area contributed by atoms with Gasteiger partial charge in [-0.25, -0.2) is 13.4 Å². The van der Waals surface area contributed by atoms with Crippen molar-refractivity contribution < 1.29 is 27.7 Å². The number of nitrogens with one attached hydrogen (secondary N) is 2. The molecule has 1 heterocycles. The van der Waals surface area contributed by atoms with Gasteiger partial charge in [0.15, 0.2) is 4.90 Å². The molecule has 0 aliphatic carbocycles. The highest BCUT2D eigenvalue weighted by molar-refractivity contribution is 7.89. The molecule has 0 aromatic heterocycles. The minimum Gasteiger partial charge on any atom is -0.326 e. The van der Waals surface area contributed by atoms with Crippen LogP contribution in [0.25, 0.3) is 0 Å². The maximum Gasteiger partial charge on any atom is 0.289 e. The molecule has 3 aromatic rings. The van der Waals surface area contributed by atoms with Crippen molar-refractivity contribution in [3.05, 3.63) is 93.5 Å². The second-order valence-corrected chi connectivity index (χ2v) is 13.6. The van der Waals surface area contributed by atoms with Gasteiger partial charge < -0.3 is 10.2 Å². The number of nitrogens with zero attached hydrogens (tertiary/aromatic N) is 5. The van der Waals surface area contributed by atoms with Crippen LogP contribution in [0, 0.1) is 17.0 Å². The number of rotatable bonds is 14. The predicted octanol–water partition coefficient (Wildman–Crippen LogP) is 3.27. The summed E-state index contributed by atoms with van der Waals surface area (Å²) in [6.45, 7) is 6.91. The van der Waals surface area contributed by atoms with Crippen LogP contribution in [0.15, 0.2) is 71.6 Å². The molecule has 0 saturated carbocycles. The van der Waals surface area contributed by atoms with E-state index in [9.17, 15) is 32.9 Å². The summed E-state index contributed by atoms with van der Waals surface area (Å²) in [5.74, 6) is -1.00. The Kier molecular flexibility index (Phi) is 11.6.